The van der Waals surface area contributed by atoms with E-state index in [1.165, 1.54) is 12.1 Å². The summed E-state index contributed by atoms with van der Waals surface area (Å²) in [7, 11) is 0. The molecule has 1 aromatic rings. The first-order chi connectivity index (χ1) is 8.57. The maximum Gasteiger partial charge on any atom is 0.416 e. The number of carboxylic acids is 1. The first kappa shape index (κ1) is 15.5. The highest BCUT2D eigenvalue weighted by Crippen LogP contribution is 2.33. The molecule has 1 N–H and O–H groups in total. The van der Waals surface area contributed by atoms with Crippen LogP contribution >= 0.6 is 0 Å². The van der Waals surface area contributed by atoms with Crippen LogP contribution in [0.3, 0.4) is 0 Å². The van der Waals surface area contributed by atoms with Gasteiger partial charge >= 0.3 is 12.1 Å². The summed E-state index contributed by atoms with van der Waals surface area (Å²) in [4.78, 5) is 11.3. The number of halogens is 3. The molecule has 2 nitrogen and oxygen atoms in total. The molecule has 1 atom stereocenters. The SMILES string of the molecule is CC(C)C(C)(Cc1ccc(C(F)(F)F)cc1)C(=O)O. The molecule has 0 aliphatic heterocycles. The summed E-state index contributed by atoms with van der Waals surface area (Å²) in [5, 5.41) is 9.27. The monoisotopic (exact) mass is 274 g/mol. The lowest BCUT2D eigenvalue weighted by atomic mass is 9.74. The van der Waals surface area contributed by atoms with Crippen LogP contribution in [0.1, 0.15) is 31.9 Å². The van der Waals surface area contributed by atoms with Crippen LogP contribution < -0.4 is 0 Å². The number of carboxylic acid groups (broad SMARTS) is 1. The van der Waals surface area contributed by atoms with E-state index >= 15 is 0 Å². The van der Waals surface area contributed by atoms with Crippen molar-refractivity contribution in [2.75, 3.05) is 0 Å². The van der Waals surface area contributed by atoms with Crippen LogP contribution in [0, 0.1) is 11.3 Å². The lowest BCUT2D eigenvalue weighted by Gasteiger charge is -2.29. The van der Waals surface area contributed by atoms with Gasteiger partial charge in [0.05, 0.1) is 11.0 Å². The van der Waals surface area contributed by atoms with Crippen LogP contribution in [0.15, 0.2) is 24.3 Å². The molecular formula is C14H17F3O2. The normalized spacial score (nSPS) is 15.3. The van der Waals surface area contributed by atoms with Crippen molar-refractivity contribution >= 4 is 5.97 Å². The van der Waals surface area contributed by atoms with E-state index in [1.807, 2.05) is 0 Å². The fraction of sp³-hybridized carbons (Fsp3) is 0.500. The fourth-order valence-corrected chi connectivity index (χ4v) is 1.76. The number of carbonyl (C=O) groups is 1. The van der Waals surface area contributed by atoms with E-state index in [0.29, 0.717) is 5.56 Å². The predicted octanol–water partition coefficient (Wildman–Crippen LogP) is 3.99. The molecule has 1 aromatic carbocycles. The van der Waals surface area contributed by atoms with Crippen LogP contribution in [-0.2, 0) is 17.4 Å². The third-order valence-corrected chi connectivity index (χ3v) is 3.62. The van der Waals surface area contributed by atoms with Crippen LogP contribution in [0.25, 0.3) is 0 Å². The Labute approximate surface area is 110 Å². The maximum atomic E-state index is 12.4. The molecule has 0 aliphatic rings. The average molecular weight is 274 g/mol. The van der Waals surface area contributed by atoms with Crippen molar-refractivity contribution in [3.05, 3.63) is 35.4 Å². The highest BCUT2D eigenvalue weighted by molar-refractivity contribution is 5.75. The summed E-state index contributed by atoms with van der Waals surface area (Å²) in [5.74, 6) is -1.06. The minimum Gasteiger partial charge on any atom is -0.481 e. The minimum absolute atomic E-state index is 0.118. The molecule has 0 aliphatic carbocycles. The number of benzene rings is 1. The molecule has 0 saturated heterocycles. The van der Waals surface area contributed by atoms with E-state index in [0.717, 1.165) is 12.1 Å². The van der Waals surface area contributed by atoms with E-state index in [4.69, 9.17) is 0 Å². The summed E-state index contributed by atoms with van der Waals surface area (Å²) in [6.45, 7) is 5.19. The molecule has 0 aromatic heterocycles. The molecule has 0 radical (unpaired) electrons. The Kier molecular flexibility index (Phi) is 4.28. The van der Waals surface area contributed by atoms with E-state index in [2.05, 4.69) is 0 Å². The molecular weight excluding hydrogens is 257 g/mol. The standard InChI is InChI=1S/C14H17F3O2/c1-9(2)13(3,12(18)19)8-10-4-6-11(7-5-10)14(15,16)17/h4-7,9H,8H2,1-3H3,(H,18,19). The Morgan fingerprint density at radius 3 is 2.00 bits per heavy atom. The van der Waals surface area contributed by atoms with Crippen LogP contribution in [0.4, 0.5) is 13.2 Å². The third-order valence-electron chi connectivity index (χ3n) is 3.62. The second kappa shape index (κ2) is 5.23. The number of hydrogen-bond donors (Lipinski definition) is 1. The lowest BCUT2D eigenvalue weighted by molar-refractivity contribution is -0.150. The van der Waals surface area contributed by atoms with Crippen LogP contribution in [-0.4, -0.2) is 11.1 Å². The van der Waals surface area contributed by atoms with Gasteiger partial charge in [0, 0.05) is 0 Å². The topological polar surface area (TPSA) is 37.3 Å². The van der Waals surface area contributed by atoms with Crippen molar-refractivity contribution in [2.45, 2.75) is 33.4 Å². The van der Waals surface area contributed by atoms with Gasteiger partial charge in [0.2, 0.25) is 0 Å². The Balaban J connectivity index is 2.97. The predicted molar refractivity (Wildman–Crippen MR) is 65.7 cm³/mol. The van der Waals surface area contributed by atoms with Crippen molar-refractivity contribution in [1.82, 2.24) is 0 Å². The van der Waals surface area contributed by atoms with Gasteiger partial charge in [-0.15, -0.1) is 0 Å². The summed E-state index contributed by atoms with van der Waals surface area (Å²) in [6, 6.07) is 4.65. The van der Waals surface area contributed by atoms with Gasteiger partial charge in [0.25, 0.3) is 0 Å². The largest absolute Gasteiger partial charge is 0.481 e. The molecule has 1 unspecified atom stereocenters. The van der Waals surface area contributed by atoms with Gasteiger partial charge in [-0.05, 0) is 37.0 Å². The van der Waals surface area contributed by atoms with Crippen molar-refractivity contribution in [2.24, 2.45) is 11.3 Å². The lowest BCUT2D eigenvalue weighted by Crippen LogP contribution is -2.35. The van der Waals surface area contributed by atoms with E-state index < -0.39 is 23.1 Å². The summed E-state index contributed by atoms with van der Waals surface area (Å²) in [6.07, 6.45) is -4.16. The van der Waals surface area contributed by atoms with Gasteiger partial charge < -0.3 is 5.11 Å². The van der Waals surface area contributed by atoms with E-state index in [-0.39, 0.29) is 12.3 Å². The zero-order valence-corrected chi connectivity index (χ0v) is 11.1. The molecule has 0 saturated carbocycles. The molecule has 0 spiro atoms. The van der Waals surface area contributed by atoms with Gasteiger partial charge in [-0.2, -0.15) is 13.2 Å². The van der Waals surface area contributed by atoms with Gasteiger partial charge in [-0.25, -0.2) is 0 Å². The summed E-state index contributed by atoms with van der Waals surface area (Å²) in [5.41, 5.74) is -1.12. The molecule has 5 heteroatoms. The van der Waals surface area contributed by atoms with Gasteiger partial charge in [0.1, 0.15) is 0 Å². The highest BCUT2D eigenvalue weighted by atomic mass is 19.4. The molecule has 0 fully saturated rings. The number of rotatable bonds is 4. The van der Waals surface area contributed by atoms with Crippen LogP contribution in [0.5, 0.6) is 0 Å². The Morgan fingerprint density at radius 1 is 1.21 bits per heavy atom. The first-order valence-corrected chi connectivity index (χ1v) is 5.97. The summed E-state index contributed by atoms with van der Waals surface area (Å²) < 4.78 is 37.3. The molecule has 1 rings (SSSR count). The number of alkyl halides is 3. The van der Waals surface area contributed by atoms with Gasteiger partial charge in [0.15, 0.2) is 0 Å². The Bertz CT molecular complexity index is 449. The first-order valence-electron chi connectivity index (χ1n) is 5.97. The molecule has 0 amide bonds. The zero-order chi connectivity index (χ0) is 14.8. The molecule has 19 heavy (non-hydrogen) atoms. The van der Waals surface area contributed by atoms with Gasteiger partial charge in [-0.3, -0.25) is 4.79 Å². The van der Waals surface area contributed by atoms with Crippen molar-refractivity contribution < 1.29 is 23.1 Å². The third kappa shape index (κ3) is 3.49. The number of hydrogen-bond acceptors (Lipinski definition) is 1. The molecule has 0 bridgehead atoms. The average Bonchev–Trinajstić information content (AvgIpc) is 2.27. The second-order valence-corrected chi connectivity index (χ2v) is 5.25. The number of aliphatic carboxylic acids is 1. The maximum absolute atomic E-state index is 12.4. The zero-order valence-electron chi connectivity index (χ0n) is 11.1. The second-order valence-electron chi connectivity index (χ2n) is 5.25. The fourth-order valence-electron chi connectivity index (χ4n) is 1.76. The molecule has 0 heterocycles. The van der Waals surface area contributed by atoms with Gasteiger partial charge in [-0.1, -0.05) is 26.0 Å². The van der Waals surface area contributed by atoms with E-state index in [1.54, 1.807) is 20.8 Å². The van der Waals surface area contributed by atoms with Crippen molar-refractivity contribution in [3.8, 4) is 0 Å². The Morgan fingerprint density at radius 2 is 1.68 bits per heavy atom. The Hall–Kier alpha value is -1.52. The minimum atomic E-state index is -4.37. The summed E-state index contributed by atoms with van der Waals surface area (Å²) >= 11 is 0. The highest BCUT2D eigenvalue weighted by Gasteiger charge is 2.37. The molecule has 106 valence electrons. The van der Waals surface area contributed by atoms with Crippen molar-refractivity contribution in [1.29, 1.82) is 0 Å². The van der Waals surface area contributed by atoms with Crippen LogP contribution in [0.2, 0.25) is 0 Å². The van der Waals surface area contributed by atoms with Crippen molar-refractivity contribution in [3.63, 3.8) is 0 Å². The van der Waals surface area contributed by atoms with E-state index in [9.17, 15) is 23.1 Å². The smallest absolute Gasteiger partial charge is 0.416 e. The quantitative estimate of drug-likeness (QED) is 0.901.